The second kappa shape index (κ2) is 8.45. The standard InChI is InChI=1S/C19H21ClN2OS/c20-16-5-4-6-17(15-16)21-10-12-22(13-11-21)19(23)9-14-24-18-7-2-1-3-8-18/h1-8,15H,9-14H2. The van der Waals surface area contributed by atoms with Crippen molar-refractivity contribution >= 4 is 35.0 Å². The monoisotopic (exact) mass is 360 g/mol. The van der Waals surface area contributed by atoms with Gasteiger partial charge >= 0.3 is 0 Å². The summed E-state index contributed by atoms with van der Waals surface area (Å²) >= 11 is 7.80. The first-order valence-electron chi connectivity index (χ1n) is 8.18. The highest BCUT2D eigenvalue weighted by Gasteiger charge is 2.21. The maximum Gasteiger partial charge on any atom is 0.223 e. The van der Waals surface area contributed by atoms with Gasteiger partial charge in [0.15, 0.2) is 0 Å². The lowest BCUT2D eigenvalue weighted by atomic mass is 10.2. The zero-order chi connectivity index (χ0) is 16.8. The van der Waals surface area contributed by atoms with Gasteiger partial charge in [0.25, 0.3) is 0 Å². The Balaban J connectivity index is 1.43. The summed E-state index contributed by atoms with van der Waals surface area (Å²) in [6.07, 6.45) is 0.594. The number of anilines is 1. The molecule has 126 valence electrons. The Hall–Kier alpha value is -1.65. The molecule has 3 rings (SSSR count). The summed E-state index contributed by atoms with van der Waals surface area (Å²) < 4.78 is 0. The lowest BCUT2D eigenvalue weighted by Crippen LogP contribution is -2.48. The topological polar surface area (TPSA) is 23.6 Å². The minimum absolute atomic E-state index is 0.254. The van der Waals surface area contributed by atoms with Crippen LogP contribution in [0.2, 0.25) is 5.02 Å². The first kappa shape index (κ1) is 17.2. The zero-order valence-electron chi connectivity index (χ0n) is 13.5. The molecule has 0 unspecified atom stereocenters. The van der Waals surface area contributed by atoms with Gasteiger partial charge in [-0.15, -0.1) is 11.8 Å². The second-order valence-corrected chi connectivity index (χ2v) is 7.36. The first-order chi connectivity index (χ1) is 11.7. The predicted octanol–water partition coefficient (Wildman–Crippen LogP) is 4.17. The molecule has 1 saturated heterocycles. The molecule has 2 aromatic carbocycles. The fourth-order valence-electron chi connectivity index (χ4n) is 2.82. The maximum atomic E-state index is 12.4. The van der Waals surface area contributed by atoms with E-state index in [2.05, 4.69) is 23.1 Å². The number of benzene rings is 2. The van der Waals surface area contributed by atoms with E-state index in [4.69, 9.17) is 11.6 Å². The molecule has 2 aromatic rings. The molecule has 1 amide bonds. The number of thioether (sulfide) groups is 1. The summed E-state index contributed by atoms with van der Waals surface area (Å²) in [4.78, 5) is 17.8. The van der Waals surface area contributed by atoms with Gasteiger partial charge in [-0.05, 0) is 30.3 Å². The Morgan fingerprint density at radius 1 is 1.00 bits per heavy atom. The van der Waals surface area contributed by atoms with Crippen molar-refractivity contribution < 1.29 is 4.79 Å². The van der Waals surface area contributed by atoms with E-state index in [1.165, 1.54) is 4.90 Å². The normalized spacial score (nSPS) is 14.7. The second-order valence-electron chi connectivity index (χ2n) is 5.76. The molecular formula is C19H21ClN2OS. The summed E-state index contributed by atoms with van der Waals surface area (Å²) in [6, 6.07) is 18.1. The third kappa shape index (κ3) is 4.68. The fourth-order valence-corrected chi connectivity index (χ4v) is 3.86. The van der Waals surface area contributed by atoms with Gasteiger partial charge in [-0.3, -0.25) is 4.79 Å². The van der Waals surface area contributed by atoms with Crippen LogP contribution in [0.1, 0.15) is 6.42 Å². The Kier molecular flexibility index (Phi) is 6.05. The number of hydrogen-bond acceptors (Lipinski definition) is 3. The minimum Gasteiger partial charge on any atom is -0.368 e. The SMILES string of the molecule is O=C(CCSc1ccccc1)N1CCN(c2cccc(Cl)c2)CC1. The van der Waals surface area contributed by atoms with Crippen molar-refractivity contribution in [3.63, 3.8) is 0 Å². The summed E-state index contributed by atoms with van der Waals surface area (Å²) in [5.41, 5.74) is 1.13. The van der Waals surface area contributed by atoms with E-state index in [0.717, 1.165) is 42.6 Å². The Morgan fingerprint density at radius 3 is 2.46 bits per heavy atom. The molecule has 1 fully saturated rings. The number of rotatable bonds is 5. The van der Waals surface area contributed by atoms with E-state index in [1.807, 2.05) is 41.3 Å². The van der Waals surface area contributed by atoms with Gasteiger partial charge in [0.2, 0.25) is 5.91 Å². The van der Waals surface area contributed by atoms with Crippen LogP contribution in [0.25, 0.3) is 0 Å². The Bertz CT molecular complexity index is 672. The first-order valence-corrected chi connectivity index (χ1v) is 9.55. The van der Waals surface area contributed by atoms with Gasteiger partial charge < -0.3 is 9.80 Å². The Morgan fingerprint density at radius 2 is 1.75 bits per heavy atom. The van der Waals surface area contributed by atoms with Crippen LogP contribution in [0.5, 0.6) is 0 Å². The van der Waals surface area contributed by atoms with Crippen molar-refractivity contribution in [3.05, 3.63) is 59.6 Å². The maximum absolute atomic E-state index is 12.4. The third-order valence-corrected chi connectivity index (χ3v) is 5.38. The molecule has 1 aliphatic heterocycles. The summed E-state index contributed by atoms with van der Waals surface area (Å²) in [6.45, 7) is 3.28. The number of hydrogen-bond donors (Lipinski definition) is 0. The van der Waals surface area contributed by atoms with Crippen LogP contribution in [-0.4, -0.2) is 42.7 Å². The Labute approximate surface area is 152 Å². The molecule has 0 atom stereocenters. The smallest absolute Gasteiger partial charge is 0.223 e. The highest BCUT2D eigenvalue weighted by Crippen LogP contribution is 2.22. The molecule has 0 aliphatic carbocycles. The lowest BCUT2D eigenvalue weighted by Gasteiger charge is -2.36. The quantitative estimate of drug-likeness (QED) is 0.747. The van der Waals surface area contributed by atoms with E-state index >= 15 is 0 Å². The van der Waals surface area contributed by atoms with Crippen LogP contribution >= 0.6 is 23.4 Å². The molecule has 0 saturated carbocycles. The van der Waals surface area contributed by atoms with Crippen LogP contribution in [0.4, 0.5) is 5.69 Å². The summed E-state index contributed by atoms with van der Waals surface area (Å²) in [7, 11) is 0. The number of carbonyl (C=O) groups is 1. The van der Waals surface area contributed by atoms with Crippen LogP contribution < -0.4 is 4.90 Å². The highest BCUT2D eigenvalue weighted by atomic mass is 35.5. The number of piperazine rings is 1. The zero-order valence-corrected chi connectivity index (χ0v) is 15.1. The lowest BCUT2D eigenvalue weighted by molar-refractivity contribution is -0.131. The number of nitrogens with zero attached hydrogens (tertiary/aromatic N) is 2. The summed E-state index contributed by atoms with van der Waals surface area (Å²) in [5, 5.41) is 0.754. The molecule has 24 heavy (non-hydrogen) atoms. The summed E-state index contributed by atoms with van der Waals surface area (Å²) in [5.74, 6) is 1.08. The van der Waals surface area contributed by atoms with E-state index in [1.54, 1.807) is 11.8 Å². The number of carbonyl (C=O) groups excluding carboxylic acids is 1. The number of halogens is 1. The van der Waals surface area contributed by atoms with E-state index in [9.17, 15) is 4.79 Å². The van der Waals surface area contributed by atoms with E-state index < -0.39 is 0 Å². The number of amides is 1. The van der Waals surface area contributed by atoms with Crippen LogP contribution in [0.3, 0.4) is 0 Å². The van der Waals surface area contributed by atoms with E-state index in [0.29, 0.717) is 6.42 Å². The third-order valence-electron chi connectivity index (χ3n) is 4.13. The average Bonchev–Trinajstić information content (AvgIpc) is 2.63. The highest BCUT2D eigenvalue weighted by molar-refractivity contribution is 7.99. The molecule has 0 N–H and O–H groups in total. The van der Waals surface area contributed by atoms with Crippen molar-refractivity contribution in [2.24, 2.45) is 0 Å². The molecule has 0 spiro atoms. The molecule has 3 nitrogen and oxygen atoms in total. The molecule has 0 aromatic heterocycles. The van der Waals surface area contributed by atoms with Crippen LogP contribution in [0, 0.1) is 0 Å². The molecule has 1 aliphatic rings. The molecule has 1 heterocycles. The van der Waals surface area contributed by atoms with Crippen LogP contribution in [-0.2, 0) is 4.79 Å². The average molecular weight is 361 g/mol. The van der Waals surface area contributed by atoms with Crippen molar-refractivity contribution in [3.8, 4) is 0 Å². The van der Waals surface area contributed by atoms with Crippen molar-refractivity contribution in [2.75, 3.05) is 36.8 Å². The van der Waals surface area contributed by atoms with Crippen molar-refractivity contribution in [1.82, 2.24) is 4.90 Å². The molecular weight excluding hydrogens is 340 g/mol. The van der Waals surface area contributed by atoms with E-state index in [-0.39, 0.29) is 5.91 Å². The molecule has 0 bridgehead atoms. The van der Waals surface area contributed by atoms with Crippen LogP contribution in [0.15, 0.2) is 59.5 Å². The molecule has 5 heteroatoms. The van der Waals surface area contributed by atoms with Gasteiger partial charge in [-0.1, -0.05) is 35.9 Å². The van der Waals surface area contributed by atoms with Gasteiger partial charge in [0, 0.05) is 54.0 Å². The minimum atomic E-state index is 0.254. The van der Waals surface area contributed by atoms with Gasteiger partial charge in [-0.2, -0.15) is 0 Å². The van der Waals surface area contributed by atoms with Gasteiger partial charge in [0.1, 0.15) is 0 Å². The van der Waals surface area contributed by atoms with Gasteiger partial charge in [0.05, 0.1) is 0 Å². The largest absolute Gasteiger partial charge is 0.368 e. The van der Waals surface area contributed by atoms with Crippen molar-refractivity contribution in [1.29, 1.82) is 0 Å². The fraction of sp³-hybridized carbons (Fsp3) is 0.316. The van der Waals surface area contributed by atoms with Crippen molar-refractivity contribution in [2.45, 2.75) is 11.3 Å². The predicted molar refractivity (Wildman–Crippen MR) is 102 cm³/mol. The molecule has 0 radical (unpaired) electrons. The van der Waals surface area contributed by atoms with Gasteiger partial charge in [-0.25, -0.2) is 0 Å².